The molecule has 2 unspecified atom stereocenters. The molecule has 1 saturated carbocycles. The highest BCUT2D eigenvalue weighted by molar-refractivity contribution is 5.50. The minimum atomic E-state index is 0.725. The van der Waals surface area contributed by atoms with Crippen LogP contribution in [0.2, 0.25) is 0 Å². The molecule has 2 aliphatic rings. The Morgan fingerprint density at radius 3 is 3.06 bits per heavy atom. The van der Waals surface area contributed by atoms with E-state index < -0.39 is 0 Å². The number of rotatable bonds is 3. The van der Waals surface area contributed by atoms with Crippen LogP contribution < -0.4 is 10.2 Å². The Labute approximate surface area is 109 Å². The fraction of sp³-hybridized carbons (Fsp3) is 0.714. The van der Waals surface area contributed by atoms with Crippen LogP contribution in [0.4, 0.5) is 11.6 Å². The summed E-state index contributed by atoms with van der Waals surface area (Å²) in [6.07, 6.45) is 8.57. The molecule has 2 heterocycles. The molecular formula is C14H22N4. The first-order valence-corrected chi connectivity index (χ1v) is 7.21. The second-order valence-corrected chi connectivity index (χ2v) is 5.39. The normalized spacial score (nSPS) is 27.1. The minimum Gasteiger partial charge on any atom is -0.370 e. The fourth-order valence-electron chi connectivity index (χ4n) is 3.47. The highest BCUT2D eigenvalue weighted by Crippen LogP contribution is 2.38. The fourth-order valence-corrected chi connectivity index (χ4v) is 3.47. The van der Waals surface area contributed by atoms with Crippen molar-refractivity contribution in [1.82, 2.24) is 9.97 Å². The van der Waals surface area contributed by atoms with Crippen LogP contribution in [0.5, 0.6) is 0 Å². The lowest BCUT2D eigenvalue weighted by Gasteiger charge is -2.32. The highest BCUT2D eigenvalue weighted by Gasteiger charge is 2.36. The van der Waals surface area contributed by atoms with Gasteiger partial charge in [-0.05, 0) is 32.1 Å². The van der Waals surface area contributed by atoms with Crippen molar-refractivity contribution in [1.29, 1.82) is 0 Å². The molecule has 0 radical (unpaired) electrons. The van der Waals surface area contributed by atoms with E-state index in [1.54, 1.807) is 6.33 Å². The van der Waals surface area contributed by atoms with Crippen molar-refractivity contribution in [3.63, 3.8) is 0 Å². The summed E-state index contributed by atoms with van der Waals surface area (Å²) in [5.74, 6) is 2.95. The van der Waals surface area contributed by atoms with Crippen molar-refractivity contribution in [2.24, 2.45) is 5.92 Å². The maximum Gasteiger partial charge on any atom is 0.134 e. The molecule has 4 nitrogen and oxygen atoms in total. The Bertz CT molecular complexity index is 407. The van der Waals surface area contributed by atoms with Crippen LogP contribution in [0.15, 0.2) is 12.4 Å². The van der Waals surface area contributed by atoms with Crippen molar-refractivity contribution in [2.75, 3.05) is 23.3 Å². The summed E-state index contributed by atoms with van der Waals surface area (Å²) >= 11 is 0. The number of anilines is 2. The lowest BCUT2D eigenvalue weighted by Crippen LogP contribution is -2.35. The molecule has 2 fully saturated rings. The standard InChI is InChI=1S/C14H22N4/c1-2-15-13-9-14(17-10-16-13)18-8-7-11-5-3-4-6-12(11)18/h9-12H,2-8H2,1H3,(H,15,16,17). The molecule has 1 saturated heterocycles. The molecule has 98 valence electrons. The van der Waals surface area contributed by atoms with E-state index in [1.807, 2.05) is 0 Å². The zero-order valence-electron chi connectivity index (χ0n) is 11.1. The first-order valence-electron chi connectivity index (χ1n) is 7.21. The lowest BCUT2D eigenvalue weighted by atomic mass is 9.85. The zero-order valence-corrected chi connectivity index (χ0v) is 11.1. The molecule has 1 N–H and O–H groups in total. The Morgan fingerprint density at radius 2 is 2.17 bits per heavy atom. The average Bonchev–Trinajstić information content (AvgIpc) is 2.83. The van der Waals surface area contributed by atoms with Crippen molar-refractivity contribution in [3.05, 3.63) is 12.4 Å². The minimum absolute atomic E-state index is 0.725. The van der Waals surface area contributed by atoms with Crippen LogP contribution in [0.25, 0.3) is 0 Å². The largest absolute Gasteiger partial charge is 0.370 e. The van der Waals surface area contributed by atoms with E-state index in [0.717, 1.165) is 36.7 Å². The summed E-state index contributed by atoms with van der Waals surface area (Å²) < 4.78 is 0. The molecule has 1 aromatic rings. The van der Waals surface area contributed by atoms with Gasteiger partial charge >= 0.3 is 0 Å². The molecule has 0 amide bonds. The molecule has 0 aromatic carbocycles. The quantitative estimate of drug-likeness (QED) is 0.890. The maximum atomic E-state index is 4.47. The average molecular weight is 246 g/mol. The van der Waals surface area contributed by atoms with Crippen LogP contribution in [-0.2, 0) is 0 Å². The Kier molecular flexibility index (Phi) is 3.35. The van der Waals surface area contributed by atoms with Crippen LogP contribution in [0, 0.1) is 5.92 Å². The topological polar surface area (TPSA) is 41.0 Å². The van der Waals surface area contributed by atoms with Crippen molar-refractivity contribution < 1.29 is 0 Å². The third kappa shape index (κ3) is 2.16. The zero-order chi connectivity index (χ0) is 12.4. The molecule has 4 heteroatoms. The molecule has 18 heavy (non-hydrogen) atoms. The number of fused-ring (bicyclic) bond motifs is 1. The Hall–Kier alpha value is -1.32. The highest BCUT2D eigenvalue weighted by atomic mass is 15.2. The van der Waals surface area contributed by atoms with Crippen LogP contribution >= 0.6 is 0 Å². The molecule has 1 aromatic heterocycles. The summed E-state index contributed by atoms with van der Waals surface area (Å²) in [4.78, 5) is 11.2. The third-order valence-corrected chi connectivity index (χ3v) is 4.31. The van der Waals surface area contributed by atoms with Gasteiger partial charge in [-0.2, -0.15) is 0 Å². The molecule has 0 spiro atoms. The lowest BCUT2D eigenvalue weighted by molar-refractivity contribution is 0.341. The van der Waals surface area contributed by atoms with E-state index in [4.69, 9.17) is 0 Å². The van der Waals surface area contributed by atoms with Crippen LogP contribution in [-0.4, -0.2) is 29.1 Å². The van der Waals surface area contributed by atoms with Gasteiger partial charge in [0.1, 0.15) is 18.0 Å². The van der Waals surface area contributed by atoms with E-state index >= 15 is 0 Å². The Balaban J connectivity index is 1.79. The van der Waals surface area contributed by atoms with Gasteiger partial charge in [0, 0.05) is 25.2 Å². The van der Waals surface area contributed by atoms with Crippen LogP contribution in [0.1, 0.15) is 39.0 Å². The van der Waals surface area contributed by atoms with Gasteiger partial charge in [-0.15, -0.1) is 0 Å². The van der Waals surface area contributed by atoms with Gasteiger partial charge in [-0.25, -0.2) is 9.97 Å². The van der Waals surface area contributed by atoms with Crippen molar-refractivity contribution in [2.45, 2.75) is 45.1 Å². The van der Waals surface area contributed by atoms with Gasteiger partial charge in [0.25, 0.3) is 0 Å². The van der Waals surface area contributed by atoms with E-state index in [9.17, 15) is 0 Å². The summed E-state index contributed by atoms with van der Waals surface area (Å²) in [5, 5.41) is 3.27. The predicted molar refractivity (Wildman–Crippen MR) is 73.9 cm³/mol. The molecule has 1 aliphatic heterocycles. The van der Waals surface area contributed by atoms with Gasteiger partial charge < -0.3 is 10.2 Å². The molecule has 1 aliphatic carbocycles. The summed E-state index contributed by atoms with van der Waals surface area (Å²) in [5.41, 5.74) is 0. The number of nitrogens with one attached hydrogen (secondary N) is 1. The van der Waals surface area contributed by atoms with Gasteiger partial charge in [-0.1, -0.05) is 12.8 Å². The summed E-state index contributed by atoms with van der Waals surface area (Å²) in [6.45, 7) is 4.16. The molecule has 0 bridgehead atoms. The van der Waals surface area contributed by atoms with E-state index in [-0.39, 0.29) is 0 Å². The number of hydrogen-bond acceptors (Lipinski definition) is 4. The Morgan fingerprint density at radius 1 is 1.28 bits per heavy atom. The van der Waals surface area contributed by atoms with Crippen LogP contribution in [0.3, 0.4) is 0 Å². The maximum absolute atomic E-state index is 4.47. The van der Waals surface area contributed by atoms with Crippen molar-refractivity contribution >= 4 is 11.6 Å². The van der Waals surface area contributed by atoms with Gasteiger partial charge in [0.05, 0.1) is 0 Å². The molecule has 2 atom stereocenters. The second kappa shape index (κ2) is 5.12. The number of aromatic nitrogens is 2. The molecule has 3 rings (SSSR count). The SMILES string of the molecule is CCNc1cc(N2CCC3CCCCC32)ncn1. The summed E-state index contributed by atoms with van der Waals surface area (Å²) in [6, 6.07) is 2.82. The molecular weight excluding hydrogens is 224 g/mol. The second-order valence-electron chi connectivity index (χ2n) is 5.39. The van der Waals surface area contributed by atoms with Gasteiger partial charge in [0.15, 0.2) is 0 Å². The van der Waals surface area contributed by atoms with Gasteiger partial charge in [-0.3, -0.25) is 0 Å². The van der Waals surface area contributed by atoms with Crippen molar-refractivity contribution in [3.8, 4) is 0 Å². The summed E-state index contributed by atoms with van der Waals surface area (Å²) in [7, 11) is 0. The van der Waals surface area contributed by atoms with E-state index in [2.05, 4.69) is 33.2 Å². The van der Waals surface area contributed by atoms with Gasteiger partial charge in [0.2, 0.25) is 0 Å². The first-order chi connectivity index (χ1) is 8.88. The first kappa shape index (κ1) is 11.8. The number of nitrogens with zero attached hydrogens (tertiary/aromatic N) is 3. The van der Waals surface area contributed by atoms with E-state index in [1.165, 1.54) is 32.1 Å². The monoisotopic (exact) mass is 246 g/mol. The smallest absolute Gasteiger partial charge is 0.134 e. The predicted octanol–water partition coefficient (Wildman–Crippen LogP) is 2.68. The van der Waals surface area contributed by atoms with E-state index in [0.29, 0.717) is 0 Å². The third-order valence-electron chi connectivity index (χ3n) is 4.31. The number of hydrogen-bond donors (Lipinski definition) is 1.